The zero-order valence-corrected chi connectivity index (χ0v) is 10.3. The molecule has 16 heavy (non-hydrogen) atoms. The van der Waals surface area contributed by atoms with Crippen LogP contribution in [0.1, 0.15) is 18.7 Å². The quantitative estimate of drug-likeness (QED) is 0.906. The molecule has 84 valence electrons. The normalized spacial score (nSPS) is 12.4. The molecule has 1 aromatic carbocycles. The van der Waals surface area contributed by atoms with Gasteiger partial charge in [-0.1, -0.05) is 0 Å². The Kier molecular flexibility index (Phi) is 3.29. The minimum atomic E-state index is -0.281. The maximum Gasteiger partial charge on any atom is 0.139 e. The summed E-state index contributed by atoms with van der Waals surface area (Å²) < 4.78 is 19.0. The summed E-state index contributed by atoms with van der Waals surface area (Å²) in [5, 5.41) is 3.16. The summed E-state index contributed by atoms with van der Waals surface area (Å²) in [7, 11) is 0. The number of rotatable bonds is 3. The Labute approximate surface area is 102 Å². The zero-order chi connectivity index (χ0) is 11.5. The molecule has 0 amide bonds. The van der Waals surface area contributed by atoms with Crippen molar-refractivity contribution in [3.63, 3.8) is 0 Å². The summed E-state index contributed by atoms with van der Waals surface area (Å²) in [6.45, 7) is 1.96. The first kappa shape index (κ1) is 11.2. The van der Waals surface area contributed by atoms with Crippen LogP contribution in [0.15, 0.2) is 45.5 Å². The van der Waals surface area contributed by atoms with Gasteiger partial charge in [0.2, 0.25) is 0 Å². The molecule has 0 aliphatic heterocycles. The van der Waals surface area contributed by atoms with Crippen LogP contribution in [-0.2, 0) is 0 Å². The van der Waals surface area contributed by atoms with E-state index in [1.807, 2.05) is 25.1 Å². The Bertz CT molecular complexity index is 470. The van der Waals surface area contributed by atoms with Crippen molar-refractivity contribution >= 4 is 21.6 Å². The van der Waals surface area contributed by atoms with Crippen LogP contribution in [0.25, 0.3) is 0 Å². The third-order valence-corrected chi connectivity index (χ3v) is 2.92. The highest BCUT2D eigenvalue weighted by atomic mass is 79.9. The number of halogens is 2. The molecule has 0 saturated heterocycles. The van der Waals surface area contributed by atoms with Crippen molar-refractivity contribution in [3.8, 4) is 0 Å². The zero-order valence-electron chi connectivity index (χ0n) is 8.71. The summed E-state index contributed by atoms with van der Waals surface area (Å²) in [5.41, 5.74) is 0.726. The minimum absolute atomic E-state index is 0.00979. The predicted molar refractivity (Wildman–Crippen MR) is 64.8 cm³/mol. The summed E-state index contributed by atoms with van der Waals surface area (Å²) >= 11 is 3.11. The third-order valence-electron chi connectivity index (χ3n) is 2.27. The Morgan fingerprint density at radius 3 is 2.81 bits per heavy atom. The number of nitrogens with one attached hydrogen (secondary N) is 1. The highest BCUT2D eigenvalue weighted by molar-refractivity contribution is 9.10. The van der Waals surface area contributed by atoms with Crippen LogP contribution in [0.5, 0.6) is 0 Å². The maximum absolute atomic E-state index is 13.3. The molecule has 4 heteroatoms. The highest BCUT2D eigenvalue weighted by Gasteiger charge is 2.08. The van der Waals surface area contributed by atoms with Gasteiger partial charge in [-0.25, -0.2) is 4.39 Å². The summed E-state index contributed by atoms with van der Waals surface area (Å²) in [5.74, 6) is 0.542. The van der Waals surface area contributed by atoms with Crippen LogP contribution in [0.2, 0.25) is 0 Å². The van der Waals surface area contributed by atoms with Crippen molar-refractivity contribution in [2.75, 3.05) is 5.32 Å². The number of hydrogen-bond donors (Lipinski definition) is 1. The summed E-state index contributed by atoms with van der Waals surface area (Å²) in [6, 6.07) is 8.65. The van der Waals surface area contributed by atoms with Gasteiger partial charge in [-0.2, -0.15) is 0 Å². The average Bonchev–Trinajstić information content (AvgIpc) is 2.77. The summed E-state index contributed by atoms with van der Waals surface area (Å²) in [4.78, 5) is 0. The van der Waals surface area contributed by atoms with E-state index in [4.69, 9.17) is 4.42 Å². The van der Waals surface area contributed by atoms with Crippen molar-refractivity contribution in [3.05, 3.63) is 52.6 Å². The molecule has 0 radical (unpaired) electrons. The second-order valence-electron chi connectivity index (χ2n) is 3.51. The fourth-order valence-corrected chi connectivity index (χ4v) is 1.69. The minimum Gasteiger partial charge on any atom is -0.467 e. The van der Waals surface area contributed by atoms with Crippen LogP contribution in [0.4, 0.5) is 10.1 Å². The van der Waals surface area contributed by atoms with Crippen molar-refractivity contribution < 1.29 is 8.81 Å². The third kappa shape index (κ3) is 2.44. The Morgan fingerprint density at radius 1 is 1.38 bits per heavy atom. The van der Waals surface area contributed by atoms with Crippen LogP contribution in [-0.4, -0.2) is 0 Å². The van der Waals surface area contributed by atoms with Gasteiger partial charge in [0.05, 0.1) is 16.8 Å². The average molecular weight is 284 g/mol. The molecule has 1 unspecified atom stereocenters. The fraction of sp³-hybridized carbons (Fsp3) is 0.167. The van der Waals surface area contributed by atoms with E-state index in [9.17, 15) is 4.39 Å². The largest absolute Gasteiger partial charge is 0.467 e. The fourth-order valence-electron chi connectivity index (χ4n) is 1.44. The van der Waals surface area contributed by atoms with Gasteiger partial charge >= 0.3 is 0 Å². The van der Waals surface area contributed by atoms with E-state index in [2.05, 4.69) is 21.2 Å². The Morgan fingerprint density at radius 2 is 2.19 bits per heavy atom. The summed E-state index contributed by atoms with van der Waals surface area (Å²) in [6.07, 6.45) is 1.62. The van der Waals surface area contributed by atoms with Crippen LogP contribution in [0.3, 0.4) is 0 Å². The molecule has 2 aromatic rings. The van der Waals surface area contributed by atoms with Gasteiger partial charge in [-0.3, -0.25) is 0 Å². The highest BCUT2D eigenvalue weighted by Crippen LogP contribution is 2.23. The molecule has 0 aliphatic rings. The smallest absolute Gasteiger partial charge is 0.139 e. The van der Waals surface area contributed by atoms with Crippen molar-refractivity contribution in [1.29, 1.82) is 0 Å². The molecular formula is C12H11BrFNO. The SMILES string of the molecule is CC(Nc1ccc(Br)c(F)c1)c1ccco1. The van der Waals surface area contributed by atoms with Gasteiger partial charge in [0, 0.05) is 5.69 Å². The first-order chi connectivity index (χ1) is 7.66. The van der Waals surface area contributed by atoms with Gasteiger partial charge in [0.25, 0.3) is 0 Å². The molecule has 0 spiro atoms. The van der Waals surface area contributed by atoms with E-state index >= 15 is 0 Å². The van der Waals surface area contributed by atoms with Gasteiger partial charge < -0.3 is 9.73 Å². The maximum atomic E-state index is 13.3. The molecule has 1 heterocycles. The van der Waals surface area contributed by atoms with E-state index in [1.54, 1.807) is 12.3 Å². The lowest BCUT2D eigenvalue weighted by atomic mass is 10.2. The van der Waals surface area contributed by atoms with Gasteiger partial charge in [0.1, 0.15) is 11.6 Å². The van der Waals surface area contributed by atoms with Crippen molar-refractivity contribution in [2.24, 2.45) is 0 Å². The second-order valence-corrected chi connectivity index (χ2v) is 4.36. The van der Waals surface area contributed by atoms with Gasteiger partial charge in [-0.15, -0.1) is 0 Å². The lowest BCUT2D eigenvalue weighted by Crippen LogP contribution is -2.05. The van der Waals surface area contributed by atoms with E-state index < -0.39 is 0 Å². The molecule has 1 N–H and O–H groups in total. The number of anilines is 1. The Hall–Kier alpha value is -1.29. The lowest BCUT2D eigenvalue weighted by Gasteiger charge is -2.13. The van der Waals surface area contributed by atoms with Gasteiger partial charge in [-0.05, 0) is 53.2 Å². The first-order valence-corrected chi connectivity index (χ1v) is 5.71. The van der Waals surface area contributed by atoms with Crippen molar-refractivity contribution in [1.82, 2.24) is 0 Å². The van der Waals surface area contributed by atoms with Crippen LogP contribution in [0, 0.1) is 5.82 Å². The van der Waals surface area contributed by atoms with Crippen LogP contribution < -0.4 is 5.32 Å². The Balaban J connectivity index is 2.12. The lowest BCUT2D eigenvalue weighted by molar-refractivity contribution is 0.490. The number of furan rings is 1. The standard InChI is InChI=1S/C12H11BrFNO/c1-8(12-3-2-6-16-12)15-9-4-5-10(13)11(14)7-9/h2-8,15H,1H3. The van der Waals surface area contributed by atoms with Crippen LogP contribution >= 0.6 is 15.9 Å². The molecule has 0 fully saturated rings. The molecule has 2 nitrogen and oxygen atoms in total. The van der Waals surface area contributed by atoms with E-state index in [1.165, 1.54) is 6.07 Å². The van der Waals surface area contributed by atoms with Crippen molar-refractivity contribution in [2.45, 2.75) is 13.0 Å². The topological polar surface area (TPSA) is 25.2 Å². The molecule has 0 saturated carbocycles. The molecular weight excluding hydrogens is 273 g/mol. The van der Waals surface area contributed by atoms with E-state index in [0.29, 0.717) is 4.47 Å². The molecule has 1 atom stereocenters. The molecule has 2 rings (SSSR count). The molecule has 0 bridgehead atoms. The molecule has 1 aromatic heterocycles. The van der Waals surface area contributed by atoms with E-state index in [0.717, 1.165) is 11.4 Å². The number of benzene rings is 1. The molecule has 0 aliphatic carbocycles. The first-order valence-electron chi connectivity index (χ1n) is 4.92. The second kappa shape index (κ2) is 4.70. The predicted octanol–water partition coefficient (Wildman–Crippen LogP) is 4.35. The van der Waals surface area contributed by atoms with E-state index in [-0.39, 0.29) is 11.9 Å². The van der Waals surface area contributed by atoms with Gasteiger partial charge in [0.15, 0.2) is 0 Å². The monoisotopic (exact) mass is 283 g/mol. The number of hydrogen-bond acceptors (Lipinski definition) is 2.